The predicted octanol–water partition coefficient (Wildman–Crippen LogP) is 1.45. The number of amides is 1. The van der Waals surface area contributed by atoms with Crippen LogP contribution in [0.25, 0.3) is 16.7 Å². The lowest BCUT2D eigenvalue weighted by Gasteiger charge is -2.18. The highest BCUT2D eigenvalue weighted by Gasteiger charge is 2.15. The first-order valence-corrected chi connectivity index (χ1v) is 7.92. The summed E-state index contributed by atoms with van der Waals surface area (Å²) in [5.41, 5.74) is 1.05. The fourth-order valence-corrected chi connectivity index (χ4v) is 2.64. The molecule has 0 aliphatic carbocycles. The molecule has 0 N–H and O–H groups in total. The number of nitrogens with zero attached hydrogens (tertiary/aromatic N) is 5. The molecule has 3 rings (SSSR count). The van der Waals surface area contributed by atoms with Crippen LogP contribution in [0.2, 0.25) is 0 Å². The Morgan fingerprint density at radius 1 is 1.17 bits per heavy atom. The van der Waals surface area contributed by atoms with Crippen molar-refractivity contribution in [2.24, 2.45) is 0 Å². The largest absolute Gasteiger partial charge is 0.342 e. The number of para-hydroxylation sites is 1. The summed E-state index contributed by atoms with van der Waals surface area (Å²) in [6, 6.07) is 9.49. The molecule has 7 heteroatoms. The fraction of sp³-hybridized carbons (Fsp3) is 0.294. The van der Waals surface area contributed by atoms with Crippen molar-refractivity contribution in [3.63, 3.8) is 0 Å². The monoisotopic (exact) mass is 325 g/mol. The van der Waals surface area contributed by atoms with Crippen molar-refractivity contribution in [2.75, 3.05) is 13.1 Å². The molecule has 124 valence electrons. The van der Waals surface area contributed by atoms with Crippen molar-refractivity contribution >= 4 is 16.9 Å². The van der Waals surface area contributed by atoms with Gasteiger partial charge in [-0.05, 0) is 26.0 Å². The molecule has 0 saturated heterocycles. The third-order valence-corrected chi connectivity index (χ3v) is 3.98. The molecule has 1 amide bonds. The van der Waals surface area contributed by atoms with Crippen LogP contribution < -0.4 is 5.56 Å². The summed E-state index contributed by atoms with van der Waals surface area (Å²) in [4.78, 5) is 30.8. The van der Waals surface area contributed by atoms with Gasteiger partial charge in [0.05, 0.1) is 11.9 Å². The van der Waals surface area contributed by atoms with E-state index < -0.39 is 0 Å². The maximum Gasteiger partial charge on any atom is 0.264 e. The molecule has 2 aromatic heterocycles. The van der Waals surface area contributed by atoms with E-state index in [1.54, 1.807) is 9.58 Å². The topological polar surface area (TPSA) is 73.0 Å². The molecule has 1 aromatic carbocycles. The van der Waals surface area contributed by atoms with Gasteiger partial charge in [-0.15, -0.1) is 0 Å². The van der Waals surface area contributed by atoms with E-state index in [2.05, 4.69) is 10.1 Å². The Bertz CT molecular complexity index is 910. The van der Waals surface area contributed by atoms with Gasteiger partial charge in [-0.3, -0.25) is 14.2 Å². The average Bonchev–Trinajstić information content (AvgIpc) is 3.04. The number of hydrogen-bond acceptors (Lipinski definition) is 4. The number of likely N-dealkylation sites (N-methyl/N-ethyl adjacent to an activating group) is 1. The Kier molecular flexibility index (Phi) is 4.41. The predicted molar refractivity (Wildman–Crippen MR) is 91.1 cm³/mol. The van der Waals surface area contributed by atoms with E-state index in [0.29, 0.717) is 24.1 Å². The highest BCUT2D eigenvalue weighted by atomic mass is 16.2. The lowest BCUT2D eigenvalue weighted by Crippen LogP contribution is -2.36. The lowest BCUT2D eigenvalue weighted by atomic mass is 10.3. The number of carbonyl (C=O) groups is 1. The van der Waals surface area contributed by atoms with Crippen molar-refractivity contribution in [2.45, 2.75) is 20.4 Å². The summed E-state index contributed by atoms with van der Waals surface area (Å²) in [5, 5.41) is 4.66. The molecule has 0 radical (unpaired) electrons. The molecule has 0 atom stereocenters. The van der Waals surface area contributed by atoms with Crippen LogP contribution in [0.1, 0.15) is 13.8 Å². The van der Waals surface area contributed by atoms with Crippen LogP contribution in [0.4, 0.5) is 0 Å². The first-order chi connectivity index (χ1) is 11.7. The van der Waals surface area contributed by atoms with Gasteiger partial charge in [-0.2, -0.15) is 5.10 Å². The molecule has 0 bridgehead atoms. The van der Waals surface area contributed by atoms with Gasteiger partial charge < -0.3 is 4.90 Å². The zero-order valence-corrected chi connectivity index (χ0v) is 13.7. The molecule has 0 fully saturated rings. The summed E-state index contributed by atoms with van der Waals surface area (Å²) in [7, 11) is 0. The minimum atomic E-state index is -0.261. The summed E-state index contributed by atoms with van der Waals surface area (Å²) in [6.45, 7) is 5.04. The second-order valence-corrected chi connectivity index (χ2v) is 5.37. The van der Waals surface area contributed by atoms with Crippen molar-refractivity contribution in [1.82, 2.24) is 24.2 Å². The molecule has 7 nitrogen and oxygen atoms in total. The molecule has 0 aliphatic heterocycles. The van der Waals surface area contributed by atoms with Gasteiger partial charge >= 0.3 is 0 Å². The molecule has 0 aliphatic rings. The third-order valence-electron chi connectivity index (χ3n) is 3.98. The van der Waals surface area contributed by atoms with Crippen molar-refractivity contribution < 1.29 is 4.79 Å². The molecule has 24 heavy (non-hydrogen) atoms. The van der Waals surface area contributed by atoms with Crippen molar-refractivity contribution in [3.8, 4) is 5.69 Å². The Balaban J connectivity index is 1.98. The van der Waals surface area contributed by atoms with E-state index in [1.165, 1.54) is 17.1 Å². The lowest BCUT2D eigenvalue weighted by molar-refractivity contribution is -0.131. The number of aromatic nitrogens is 4. The van der Waals surface area contributed by atoms with E-state index in [4.69, 9.17) is 0 Å². The number of benzene rings is 1. The summed E-state index contributed by atoms with van der Waals surface area (Å²) in [5.74, 6) is -0.0984. The second-order valence-electron chi connectivity index (χ2n) is 5.37. The van der Waals surface area contributed by atoms with Crippen molar-refractivity contribution in [1.29, 1.82) is 0 Å². The first-order valence-electron chi connectivity index (χ1n) is 7.92. The highest BCUT2D eigenvalue weighted by molar-refractivity contribution is 5.78. The zero-order chi connectivity index (χ0) is 17.1. The van der Waals surface area contributed by atoms with Crippen LogP contribution in [0.15, 0.2) is 47.7 Å². The van der Waals surface area contributed by atoms with Crippen LogP contribution in [0.3, 0.4) is 0 Å². The Morgan fingerprint density at radius 3 is 2.54 bits per heavy atom. The van der Waals surface area contributed by atoms with E-state index in [1.807, 2.05) is 44.2 Å². The molecule has 0 spiro atoms. The maximum absolute atomic E-state index is 12.6. The number of fused-ring (bicyclic) bond motifs is 1. The van der Waals surface area contributed by atoms with Crippen LogP contribution in [0, 0.1) is 0 Å². The first kappa shape index (κ1) is 15.9. The Hall–Kier alpha value is -2.96. The standard InChI is InChI=1S/C17H19N5O2/c1-3-20(4-2)15(23)11-21-12-18-16-14(17(21)24)10-19-22(16)13-8-6-5-7-9-13/h5-10,12H,3-4,11H2,1-2H3. The van der Waals surface area contributed by atoms with Crippen LogP contribution in [0.5, 0.6) is 0 Å². The molecule has 0 saturated carbocycles. The Labute approximate surface area is 139 Å². The van der Waals surface area contributed by atoms with E-state index >= 15 is 0 Å². The zero-order valence-electron chi connectivity index (χ0n) is 13.7. The van der Waals surface area contributed by atoms with E-state index in [0.717, 1.165) is 5.69 Å². The number of rotatable bonds is 5. The normalized spacial score (nSPS) is 10.9. The summed E-state index contributed by atoms with van der Waals surface area (Å²) < 4.78 is 2.95. The molecule has 2 heterocycles. The van der Waals surface area contributed by atoms with Gasteiger partial charge in [0.1, 0.15) is 18.3 Å². The molecule has 3 aromatic rings. The van der Waals surface area contributed by atoms with E-state index in [-0.39, 0.29) is 18.0 Å². The van der Waals surface area contributed by atoms with Gasteiger partial charge in [0.15, 0.2) is 5.65 Å². The summed E-state index contributed by atoms with van der Waals surface area (Å²) >= 11 is 0. The van der Waals surface area contributed by atoms with Gasteiger partial charge in [0.2, 0.25) is 5.91 Å². The minimum Gasteiger partial charge on any atom is -0.342 e. The molecular weight excluding hydrogens is 306 g/mol. The smallest absolute Gasteiger partial charge is 0.264 e. The fourth-order valence-electron chi connectivity index (χ4n) is 2.64. The van der Waals surface area contributed by atoms with Crippen LogP contribution >= 0.6 is 0 Å². The van der Waals surface area contributed by atoms with Crippen molar-refractivity contribution in [3.05, 3.63) is 53.2 Å². The highest BCUT2D eigenvalue weighted by Crippen LogP contribution is 2.12. The van der Waals surface area contributed by atoms with Crippen LogP contribution in [-0.2, 0) is 11.3 Å². The molecular formula is C17H19N5O2. The van der Waals surface area contributed by atoms with E-state index in [9.17, 15) is 9.59 Å². The van der Waals surface area contributed by atoms with Gasteiger partial charge in [0, 0.05) is 13.1 Å². The Morgan fingerprint density at radius 2 is 1.88 bits per heavy atom. The maximum atomic E-state index is 12.6. The average molecular weight is 325 g/mol. The number of carbonyl (C=O) groups excluding carboxylic acids is 1. The second kappa shape index (κ2) is 6.66. The SMILES string of the molecule is CCN(CC)C(=O)Cn1cnc2c(cnn2-c2ccccc2)c1=O. The van der Waals surface area contributed by atoms with Crippen LogP contribution in [-0.4, -0.2) is 43.2 Å². The number of hydrogen-bond donors (Lipinski definition) is 0. The third kappa shape index (κ3) is 2.80. The van der Waals surface area contributed by atoms with Gasteiger partial charge in [-0.1, -0.05) is 18.2 Å². The summed E-state index contributed by atoms with van der Waals surface area (Å²) in [6.07, 6.45) is 2.91. The minimum absolute atomic E-state index is 0.0139. The molecule has 0 unspecified atom stereocenters. The van der Waals surface area contributed by atoms with Gasteiger partial charge in [-0.25, -0.2) is 9.67 Å². The quantitative estimate of drug-likeness (QED) is 0.712. The van der Waals surface area contributed by atoms with Gasteiger partial charge in [0.25, 0.3) is 5.56 Å².